The third-order valence-electron chi connectivity index (χ3n) is 3.63. The van der Waals surface area contributed by atoms with Crippen LogP contribution >= 0.6 is 0 Å². The van der Waals surface area contributed by atoms with Gasteiger partial charge in [0.15, 0.2) is 0 Å². The minimum Gasteiger partial charge on any atom is -0.368 e. The zero-order valence-corrected chi connectivity index (χ0v) is 14.9. The Morgan fingerprint density at radius 1 is 1.04 bits per heavy atom. The highest BCUT2D eigenvalue weighted by Crippen LogP contribution is 2.05. The molecule has 0 aliphatic heterocycles. The molecule has 2 aromatic rings. The normalized spacial score (nSPS) is 10.3. The van der Waals surface area contributed by atoms with Crippen LogP contribution in [0.5, 0.6) is 0 Å². The average Bonchev–Trinajstić information content (AvgIpc) is 2.66. The predicted octanol–water partition coefficient (Wildman–Crippen LogP) is -0.202. The number of aromatic nitrogens is 2. The van der Waals surface area contributed by atoms with Crippen molar-refractivity contribution in [2.75, 3.05) is 6.54 Å². The third kappa shape index (κ3) is 5.77. The zero-order valence-electron chi connectivity index (χ0n) is 14.9. The molecule has 9 nitrogen and oxygen atoms in total. The van der Waals surface area contributed by atoms with E-state index < -0.39 is 17.7 Å². The molecule has 2 rings (SSSR count). The van der Waals surface area contributed by atoms with Gasteiger partial charge in [-0.25, -0.2) is 4.68 Å². The molecule has 0 saturated heterocycles. The van der Waals surface area contributed by atoms with E-state index >= 15 is 0 Å². The lowest BCUT2D eigenvalue weighted by atomic mass is 10.1. The highest BCUT2D eigenvalue weighted by Gasteiger charge is 2.10. The maximum absolute atomic E-state index is 12.2. The quantitative estimate of drug-likeness (QED) is 0.590. The van der Waals surface area contributed by atoms with Crippen LogP contribution in [0, 0.1) is 0 Å². The summed E-state index contributed by atoms with van der Waals surface area (Å²) in [6, 6.07) is 9.23. The van der Waals surface area contributed by atoms with Crippen LogP contribution in [0.25, 0.3) is 0 Å². The van der Waals surface area contributed by atoms with Crippen molar-refractivity contribution in [2.45, 2.75) is 26.4 Å². The lowest BCUT2D eigenvalue weighted by molar-refractivity contribution is -0.117. The van der Waals surface area contributed by atoms with Crippen LogP contribution in [-0.4, -0.2) is 34.0 Å². The molecule has 0 aliphatic rings. The Balaban J connectivity index is 1.95. The summed E-state index contributed by atoms with van der Waals surface area (Å²) in [4.78, 5) is 46.3. The van der Waals surface area contributed by atoms with Crippen LogP contribution < -0.4 is 21.9 Å². The van der Waals surface area contributed by atoms with Crippen LogP contribution in [-0.2, 0) is 17.9 Å². The lowest BCUT2D eigenvalue weighted by Crippen LogP contribution is -2.33. The first kappa shape index (κ1) is 19.8. The fourth-order valence-corrected chi connectivity index (χ4v) is 2.26. The van der Waals surface area contributed by atoms with Crippen molar-refractivity contribution in [3.8, 4) is 0 Å². The van der Waals surface area contributed by atoms with Gasteiger partial charge in [0, 0.05) is 24.7 Å². The largest absolute Gasteiger partial charge is 0.368 e. The van der Waals surface area contributed by atoms with Gasteiger partial charge < -0.3 is 16.4 Å². The Morgan fingerprint density at radius 2 is 1.74 bits per heavy atom. The standard InChI is InChI=1S/C18H21N5O4/c1-2-9-23-16(25)8-7-14(22-23)18(27)20-10-12-3-5-13(6-4-12)17(26)21-11-15(19)24/h3-8H,2,9-11H2,1H3,(H2,19,24)(H,20,27)(H,21,26). The van der Waals surface area contributed by atoms with Crippen molar-refractivity contribution in [2.24, 2.45) is 5.73 Å². The second-order valence-electron chi connectivity index (χ2n) is 5.81. The minimum atomic E-state index is -0.624. The first-order chi connectivity index (χ1) is 12.9. The van der Waals surface area contributed by atoms with Crippen LogP contribution in [0.2, 0.25) is 0 Å². The van der Waals surface area contributed by atoms with Crippen LogP contribution in [0.1, 0.15) is 39.8 Å². The molecule has 0 radical (unpaired) electrons. The molecule has 0 aliphatic carbocycles. The molecule has 1 aromatic carbocycles. The van der Waals surface area contributed by atoms with Gasteiger partial charge in [-0.15, -0.1) is 0 Å². The molecule has 0 fully saturated rings. The molecule has 142 valence electrons. The van der Waals surface area contributed by atoms with E-state index in [1.807, 2.05) is 6.92 Å². The van der Waals surface area contributed by atoms with Crippen LogP contribution in [0.4, 0.5) is 0 Å². The maximum atomic E-state index is 12.2. The summed E-state index contributed by atoms with van der Waals surface area (Å²) < 4.78 is 1.26. The molecule has 0 saturated carbocycles. The number of hydrogen-bond acceptors (Lipinski definition) is 5. The minimum absolute atomic E-state index is 0.158. The van der Waals surface area contributed by atoms with E-state index in [0.29, 0.717) is 12.1 Å². The molecule has 4 N–H and O–H groups in total. The first-order valence-corrected chi connectivity index (χ1v) is 8.42. The van der Waals surface area contributed by atoms with Gasteiger partial charge in [-0.1, -0.05) is 19.1 Å². The predicted molar refractivity (Wildman–Crippen MR) is 97.9 cm³/mol. The number of benzene rings is 1. The van der Waals surface area contributed by atoms with Gasteiger partial charge in [0.05, 0.1) is 6.54 Å². The third-order valence-corrected chi connectivity index (χ3v) is 3.63. The summed E-state index contributed by atoms with van der Waals surface area (Å²) in [6.45, 7) is 2.36. The van der Waals surface area contributed by atoms with Gasteiger partial charge in [-0.05, 0) is 30.2 Å². The summed E-state index contributed by atoms with van der Waals surface area (Å²) in [5.74, 6) is -1.43. The Hall–Kier alpha value is -3.49. The highest BCUT2D eigenvalue weighted by atomic mass is 16.2. The topological polar surface area (TPSA) is 136 Å². The highest BCUT2D eigenvalue weighted by molar-refractivity contribution is 5.96. The van der Waals surface area contributed by atoms with E-state index in [2.05, 4.69) is 15.7 Å². The number of nitrogens with one attached hydrogen (secondary N) is 2. The van der Waals surface area contributed by atoms with Crippen molar-refractivity contribution in [3.05, 3.63) is 63.6 Å². The molecule has 0 spiro atoms. The van der Waals surface area contributed by atoms with Gasteiger partial charge in [0.1, 0.15) is 5.69 Å². The number of rotatable bonds is 8. The molecular weight excluding hydrogens is 350 g/mol. The van der Waals surface area contributed by atoms with Crippen LogP contribution in [0.15, 0.2) is 41.2 Å². The molecule has 1 heterocycles. The smallest absolute Gasteiger partial charge is 0.271 e. The van der Waals surface area contributed by atoms with Crippen molar-refractivity contribution < 1.29 is 14.4 Å². The Morgan fingerprint density at radius 3 is 2.37 bits per heavy atom. The van der Waals surface area contributed by atoms with Crippen molar-refractivity contribution >= 4 is 17.7 Å². The fourth-order valence-electron chi connectivity index (χ4n) is 2.26. The SMILES string of the molecule is CCCn1nc(C(=O)NCc2ccc(C(=O)NCC(N)=O)cc2)ccc1=O. The molecule has 0 atom stereocenters. The van der Waals surface area contributed by atoms with Gasteiger partial charge >= 0.3 is 0 Å². The number of carbonyl (C=O) groups is 3. The Kier molecular flexibility index (Phi) is 6.81. The lowest BCUT2D eigenvalue weighted by Gasteiger charge is -2.08. The number of primary amides is 1. The molecular formula is C18H21N5O4. The number of hydrogen-bond donors (Lipinski definition) is 3. The number of carbonyl (C=O) groups excluding carboxylic acids is 3. The van der Waals surface area contributed by atoms with E-state index in [-0.39, 0.29) is 24.3 Å². The van der Waals surface area contributed by atoms with Crippen molar-refractivity contribution in [1.29, 1.82) is 0 Å². The monoisotopic (exact) mass is 371 g/mol. The van der Waals surface area contributed by atoms with E-state index in [4.69, 9.17) is 5.73 Å². The van der Waals surface area contributed by atoms with Gasteiger partial charge in [-0.3, -0.25) is 19.2 Å². The van der Waals surface area contributed by atoms with Gasteiger partial charge in [0.25, 0.3) is 17.4 Å². The summed E-state index contributed by atoms with van der Waals surface area (Å²) in [5, 5.41) is 9.15. The van der Waals surface area contributed by atoms with E-state index in [9.17, 15) is 19.2 Å². The first-order valence-electron chi connectivity index (χ1n) is 8.42. The number of amides is 3. The molecule has 0 unspecified atom stereocenters. The number of nitrogens with two attached hydrogens (primary N) is 1. The van der Waals surface area contributed by atoms with Crippen molar-refractivity contribution in [1.82, 2.24) is 20.4 Å². The van der Waals surface area contributed by atoms with E-state index in [1.165, 1.54) is 16.8 Å². The van der Waals surface area contributed by atoms with Gasteiger partial charge in [0.2, 0.25) is 5.91 Å². The molecule has 27 heavy (non-hydrogen) atoms. The van der Waals surface area contributed by atoms with Crippen LogP contribution in [0.3, 0.4) is 0 Å². The molecule has 9 heteroatoms. The zero-order chi connectivity index (χ0) is 19.8. The summed E-state index contributed by atoms with van der Waals surface area (Å²) in [6.07, 6.45) is 0.733. The van der Waals surface area contributed by atoms with Crippen molar-refractivity contribution in [3.63, 3.8) is 0 Å². The molecule has 3 amide bonds. The summed E-state index contributed by atoms with van der Waals surface area (Å²) in [5.41, 5.74) is 6.03. The Bertz CT molecular complexity index is 889. The summed E-state index contributed by atoms with van der Waals surface area (Å²) in [7, 11) is 0. The fraction of sp³-hybridized carbons (Fsp3) is 0.278. The second-order valence-corrected chi connectivity index (χ2v) is 5.81. The number of nitrogens with zero attached hydrogens (tertiary/aromatic N) is 2. The summed E-state index contributed by atoms with van der Waals surface area (Å²) >= 11 is 0. The van der Waals surface area contributed by atoms with E-state index in [1.54, 1.807) is 24.3 Å². The maximum Gasteiger partial charge on any atom is 0.271 e. The second kappa shape index (κ2) is 9.27. The molecule has 0 bridgehead atoms. The molecule has 1 aromatic heterocycles. The van der Waals surface area contributed by atoms with E-state index in [0.717, 1.165) is 12.0 Å². The number of aryl methyl sites for hydroxylation is 1. The average molecular weight is 371 g/mol. The Labute approximate surface area is 155 Å². The van der Waals surface area contributed by atoms with Gasteiger partial charge in [-0.2, -0.15) is 5.10 Å².